The Hall–Kier alpha value is -3.35. The van der Waals surface area contributed by atoms with Crippen LogP contribution in [0.2, 0.25) is 0 Å². The van der Waals surface area contributed by atoms with E-state index >= 15 is 0 Å². The van der Waals surface area contributed by atoms with Gasteiger partial charge in [0.2, 0.25) is 0 Å². The predicted octanol–water partition coefficient (Wildman–Crippen LogP) is 3.01. The molecular weight excluding hydrogens is 310 g/mol. The van der Waals surface area contributed by atoms with Gasteiger partial charge in [-0.05, 0) is 24.3 Å². The van der Waals surface area contributed by atoms with Gasteiger partial charge >= 0.3 is 11.8 Å². The van der Waals surface area contributed by atoms with Crippen LogP contribution in [0.5, 0.6) is 11.5 Å². The maximum Gasteiger partial charge on any atom is 0.313 e. The van der Waals surface area contributed by atoms with Gasteiger partial charge in [0, 0.05) is 0 Å². The van der Waals surface area contributed by atoms with Crippen molar-refractivity contribution in [2.24, 2.45) is 0 Å². The van der Waals surface area contributed by atoms with Gasteiger partial charge in [0.05, 0.1) is 25.5 Å². The summed E-state index contributed by atoms with van der Waals surface area (Å²) in [6.07, 6.45) is 0. The Labute approximate surface area is 138 Å². The fraction of sp³-hybridized carbons (Fsp3) is 0.118. The molecule has 0 aliphatic carbocycles. The largest absolute Gasteiger partial charge is 0.496 e. The van der Waals surface area contributed by atoms with Crippen LogP contribution in [-0.4, -0.2) is 30.3 Å². The third-order valence-corrected chi connectivity index (χ3v) is 3.31. The lowest BCUT2D eigenvalue weighted by Gasteiger charge is -2.07. The van der Waals surface area contributed by atoms with E-state index in [-0.39, 0.29) is 11.8 Å². The Morgan fingerprint density at radius 2 is 1.62 bits per heavy atom. The van der Waals surface area contributed by atoms with Crippen molar-refractivity contribution < 1.29 is 18.7 Å². The summed E-state index contributed by atoms with van der Waals surface area (Å²) in [5.74, 6) is 0.653. The van der Waals surface area contributed by atoms with Crippen LogP contribution in [0.3, 0.4) is 0 Å². The number of benzene rings is 2. The predicted molar refractivity (Wildman–Crippen MR) is 87.2 cm³/mol. The molecule has 7 heteroatoms. The molecule has 7 nitrogen and oxygen atoms in total. The highest BCUT2D eigenvalue weighted by Crippen LogP contribution is 2.29. The summed E-state index contributed by atoms with van der Waals surface area (Å²) in [4.78, 5) is 12.3. The maximum atomic E-state index is 12.3. The van der Waals surface area contributed by atoms with Crippen LogP contribution in [0, 0.1) is 0 Å². The number of hydrogen-bond acceptors (Lipinski definition) is 6. The number of nitrogens with one attached hydrogen (secondary N) is 1. The first kappa shape index (κ1) is 15.5. The molecule has 1 heterocycles. The minimum atomic E-state index is -0.520. The molecule has 122 valence electrons. The molecule has 0 unspecified atom stereocenters. The highest BCUT2D eigenvalue weighted by Gasteiger charge is 2.19. The van der Waals surface area contributed by atoms with Crippen LogP contribution in [0.1, 0.15) is 10.7 Å². The molecule has 0 spiro atoms. The summed E-state index contributed by atoms with van der Waals surface area (Å²) in [7, 11) is 3.07. The van der Waals surface area contributed by atoms with E-state index in [2.05, 4.69) is 15.5 Å². The lowest BCUT2D eigenvalue weighted by molar-refractivity contribution is 0.0990. The number of nitrogens with zero attached hydrogens (tertiary/aromatic N) is 2. The molecule has 0 bridgehead atoms. The summed E-state index contributed by atoms with van der Waals surface area (Å²) < 4.78 is 15.9. The Balaban J connectivity index is 1.84. The van der Waals surface area contributed by atoms with Crippen molar-refractivity contribution >= 4 is 11.6 Å². The second-order valence-electron chi connectivity index (χ2n) is 4.77. The molecule has 0 saturated carbocycles. The summed E-state index contributed by atoms with van der Waals surface area (Å²) >= 11 is 0. The number of methoxy groups -OCH3 is 2. The van der Waals surface area contributed by atoms with Crippen molar-refractivity contribution in [3.05, 3.63) is 54.4 Å². The minimum absolute atomic E-state index is 0.151. The number of ether oxygens (including phenoxy) is 2. The average Bonchev–Trinajstić information content (AvgIpc) is 3.12. The molecule has 0 aliphatic rings. The fourth-order valence-corrected chi connectivity index (χ4v) is 2.17. The molecule has 0 radical (unpaired) electrons. The summed E-state index contributed by atoms with van der Waals surface area (Å²) in [6, 6.07) is 14.2. The van der Waals surface area contributed by atoms with Crippen molar-refractivity contribution in [3.63, 3.8) is 0 Å². The summed E-state index contributed by atoms with van der Waals surface area (Å²) in [5.41, 5.74) is 1.13. The standard InChI is InChI=1S/C17H15N3O4/c1-22-13-9-5-3-7-11(13)16-19-20-17(24-16)15(21)18-12-8-4-6-10-14(12)23-2/h3-10H,1-2H3,(H,18,21). The molecule has 0 atom stereocenters. The van der Waals surface area contributed by atoms with E-state index in [4.69, 9.17) is 13.9 Å². The number of para-hydroxylation sites is 3. The Morgan fingerprint density at radius 1 is 0.958 bits per heavy atom. The van der Waals surface area contributed by atoms with Crippen molar-refractivity contribution in [1.29, 1.82) is 0 Å². The zero-order chi connectivity index (χ0) is 16.9. The molecule has 3 rings (SSSR count). The van der Waals surface area contributed by atoms with Gasteiger partial charge in [-0.15, -0.1) is 10.2 Å². The number of hydrogen-bond donors (Lipinski definition) is 1. The molecule has 24 heavy (non-hydrogen) atoms. The number of aromatic nitrogens is 2. The Kier molecular flexibility index (Phi) is 4.42. The lowest BCUT2D eigenvalue weighted by Crippen LogP contribution is -2.13. The zero-order valence-corrected chi connectivity index (χ0v) is 13.1. The van der Waals surface area contributed by atoms with Gasteiger partial charge in [-0.1, -0.05) is 24.3 Å². The minimum Gasteiger partial charge on any atom is -0.496 e. The first-order chi connectivity index (χ1) is 11.7. The molecule has 0 aliphatic heterocycles. The Morgan fingerprint density at radius 3 is 2.38 bits per heavy atom. The SMILES string of the molecule is COc1ccccc1NC(=O)c1nnc(-c2ccccc2OC)o1. The summed E-state index contributed by atoms with van der Waals surface area (Å²) in [5, 5.41) is 10.4. The van der Waals surface area contributed by atoms with Crippen LogP contribution in [0.15, 0.2) is 52.9 Å². The normalized spacial score (nSPS) is 10.2. The van der Waals surface area contributed by atoms with E-state index in [0.29, 0.717) is 22.7 Å². The highest BCUT2D eigenvalue weighted by molar-refractivity contribution is 6.01. The van der Waals surface area contributed by atoms with Gasteiger partial charge < -0.3 is 19.2 Å². The van der Waals surface area contributed by atoms with Crippen LogP contribution in [-0.2, 0) is 0 Å². The third-order valence-electron chi connectivity index (χ3n) is 3.31. The van der Waals surface area contributed by atoms with Crippen LogP contribution in [0.25, 0.3) is 11.5 Å². The van der Waals surface area contributed by atoms with E-state index in [9.17, 15) is 4.79 Å². The van der Waals surface area contributed by atoms with E-state index < -0.39 is 5.91 Å². The molecule has 2 aromatic carbocycles. The quantitative estimate of drug-likeness (QED) is 0.776. The lowest BCUT2D eigenvalue weighted by atomic mass is 10.2. The highest BCUT2D eigenvalue weighted by atomic mass is 16.5. The number of carbonyl (C=O) groups excluding carboxylic acids is 1. The van der Waals surface area contributed by atoms with E-state index in [1.165, 1.54) is 7.11 Å². The Bertz CT molecular complexity index is 860. The average molecular weight is 325 g/mol. The molecule has 0 saturated heterocycles. The van der Waals surface area contributed by atoms with Gasteiger partial charge in [-0.2, -0.15) is 0 Å². The molecule has 1 amide bonds. The smallest absolute Gasteiger partial charge is 0.313 e. The van der Waals surface area contributed by atoms with Gasteiger partial charge in [0.25, 0.3) is 5.89 Å². The van der Waals surface area contributed by atoms with E-state index in [1.54, 1.807) is 43.5 Å². The maximum absolute atomic E-state index is 12.3. The first-order valence-electron chi connectivity index (χ1n) is 7.14. The van der Waals surface area contributed by atoms with E-state index in [0.717, 1.165) is 0 Å². The van der Waals surface area contributed by atoms with Crippen molar-refractivity contribution in [1.82, 2.24) is 10.2 Å². The topological polar surface area (TPSA) is 86.5 Å². The van der Waals surface area contributed by atoms with Gasteiger partial charge in [0.1, 0.15) is 11.5 Å². The van der Waals surface area contributed by atoms with Crippen molar-refractivity contribution in [2.75, 3.05) is 19.5 Å². The molecule has 0 fully saturated rings. The first-order valence-corrected chi connectivity index (χ1v) is 7.14. The molecule has 1 aromatic heterocycles. The number of carbonyl (C=O) groups is 1. The molecule has 3 aromatic rings. The summed E-state index contributed by atoms with van der Waals surface area (Å²) in [6.45, 7) is 0. The number of rotatable bonds is 5. The second-order valence-corrected chi connectivity index (χ2v) is 4.77. The van der Waals surface area contributed by atoms with Gasteiger partial charge in [0.15, 0.2) is 0 Å². The van der Waals surface area contributed by atoms with Gasteiger partial charge in [-0.25, -0.2) is 0 Å². The molecular formula is C17H15N3O4. The monoisotopic (exact) mass is 325 g/mol. The van der Waals surface area contributed by atoms with Crippen molar-refractivity contribution in [2.45, 2.75) is 0 Å². The fourth-order valence-electron chi connectivity index (χ4n) is 2.17. The number of amides is 1. The van der Waals surface area contributed by atoms with Crippen LogP contribution < -0.4 is 14.8 Å². The van der Waals surface area contributed by atoms with Crippen LogP contribution in [0.4, 0.5) is 5.69 Å². The second kappa shape index (κ2) is 6.82. The van der Waals surface area contributed by atoms with E-state index in [1.807, 2.05) is 12.1 Å². The molecule has 1 N–H and O–H groups in total. The third kappa shape index (κ3) is 3.05. The number of anilines is 1. The van der Waals surface area contributed by atoms with Crippen LogP contribution >= 0.6 is 0 Å². The zero-order valence-electron chi connectivity index (χ0n) is 13.1. The van der Waals surface area contributed by atoms with Gasteiger partial charge in [-0.3, -0.25) is 4.79 Å². The van der Waals surface area contributed by atoms with Crippen molar-refractivity contribution in [3.8, 4) is 23.0 Å².